The zero-order valence-electron chi connectivity index (χ0n) is 12.9. The maximum atomic E-state index is 12.0. The van der Waals surface area contributed by atoms with Gasteiger partial charge in [0.05, 0.1) is 24.7 Å². The van der Waals surface area contributed by atoms with Crippen LogP contribution in [0.15, 0.2) is 51.7 Å². The SMILES string of the molecule is C[NH+](C)Cc1c(O)c(Cl)cc2c(-c3ccccc3)cc(=O)oc12. The summed E-state index contributed by atoms with van der Waals surface area (Å²) in [6.07, 6.45) is 0. The van der Waals surface area contributed by atoms with E-state index in [0.29, 0.717) is 17.7 Å². The number of halogens is 1. The van der Waals surface area contributed by atoms with E-state index in [9.17, 15) is 9.90 Å². The van der Waals surface area contributed by atoms with E-state index in [1.807, 2.05) is 44.4 Å². The van der Waals surface area contributed by atoms with E-state index in [1.54, 1.807) is 6.07 Å². The van der Waals surface area contributed by atoms with E-state index >= 15 is 0 Å². The van der Waals surface area contributed by atoms with Crippen LogP contribution in [-0.4, -0.2) is 19.2 Å². The molecule has 0 spiro atoms. The minimum absolute atomic E-state index is 0.0336. The van der Waals surface area contributed by atoms with E-state index in [4.69, 9.17) is 16.0 Å². The van der Waals surface area contributed by atoms with Gasteiger partial charge in [0.15, 0.2) is 5.58 Å². The number of nitrogens with one attached hydrogen (secondary N) is 1. The normalized spacial score (nSPS) is 11.3. The average molecular weight is 331 g/mol. The van der Waals surface area contributed by atoms with Crippen molar-refractivity contribution in [2.24, 2.45) is 0 Å². The van der Waals surface area contributed by atoms with Gasteiger partial charge in [0.25, 0.3) is 0 Å². The van der Waals surface area contributed by atoms with Crippen molar-refractivity contribution in [3.8, 4) is 16.9 Å². The summed E-state index contributed by atoms with van der Waals surface area (Å²) >= 11 is 6.20. The zero-order chi connectivity index (χ0) is 16.6. The van der Waals surface area contributed by atoms with Crippen molar-refractivity contribution in [1.82, 2.24) is 0 Å². The number of phenols is 1. The minimum atomic E-state index is -0.451. The van der Waals surface area contributed by atoms with Gasteiger partial charge in [-0.1, -0.05) is 41.9 Å². The standard InChI is InChI=1S/C18H16ClNO3/c1-20(2)10-14-17(22)15(19)8-13-12(9-16(21)23-18(13)14)11-6-4-3-5-7-11/h3-9,22H,10H2,1-2H3/p+1. The first-order valence-corrected chi connectivity index (χ1v) is 7.68. The Bertz CT molecular complexity index is 917. The first-order valence-electron chi connectivity index (χ1n) is 7.30. The Labute approximate surface area is 138 Å². The third-order valence-corrected chi connectivity index (χ3v) is 3.96. The topological polar surface area (TPSA) is 54.9 Å². The molecule has 0 unspecified atom stereocenters. The molecule has 0 aliphatic heterocycles. The van der Waals surface area contributed by atoms with Gasteiger partial charge in [-0.25, -0.2) is 4.79 Å². The van der Waals surface area contributed by atoms with Crippen LogP contribution in [0.5, 0.6) is 5.75 Å². The van der Waals surface area contributed by atoms with E-state index in [-0.39, 0.29) is 10.8 Å². The van der Waals surface area contributed by atoms with E-state index < -0.39 is 5.63 Å². The number of benzene rings is 2. The van der Waals surface area contributed by atoms with Gasteiger partial charge in [0.2, 0.25) is 0 Å². The third kappa shape index (κ3) is 2.96. The van der Waals surface area contributed by atoms with Gasteiger partial charge >= 0.3 is 5.63 Å². The molecule has 0 aliphatic rings. The summed E-state index contributed by atoms with van der Waals surface area (Å²) in [6.45, 7) is 0.490. The lowest BCUT2D eigenvalue weighted by molar-refractivity contribution is -0.872. The smallest absolute Gasteiger partial charge is 0.336 e. The molecule has 0 radical (unpaired) electrons. The van der Waals surface area contributed by atoms with Crippen molar-refractivity contribution in [1.29, 1.82) is 0 Å². The summed E-state index contributed by atoms with van der Waals surface area (Å²) in [5.74, 6) is -0.0336. The van der Waals surface area contributed by atoms with Crippen LogP contribution in [0.1, 0.15) is 5.56 Å². The molecule has 1 aromatic heterocycles. The zero-order valence-corrected chi connectivity index (χ0v) is 13.6. The molecule has 3 aromatic rings. The highest BCUT2D eigenvalue weighted by Crippen LogP contribution is 2.37. The first kappa shape index (κ1) is 15.6. The van der Waals surface area contributed by atoms with E-state index in [2.05, 4.69) is 0 Å². The molecule has 0 atom stereocenters. The van der Waals surface area contributed by atoms with Gasteiger partial charge in [-0.15, -0.1) is 0 Å². The molecule has 2 N–H and O–H groups in total. The molecule has 0 amide bonds. The third-order valence-electron chi connectivity index (χ3n) is 3.67. The largest absolute Gasteiger partial charge is 0.506 e. The molecule has 0 saturated heterocycles. The van der Waals surface area contributed by atoms with Crippen LogP contribution in [0, 0.1) is 0 Å². The van der Waals surface area contributed by atoms with Crippen molar-refractivity contribution in [3.05, 3.63) is 63.5 Å². The van der Waals surface area contributed by atoms with Gasteiger partial charge in [0.1, 0.15) is 12.3 Å². The fraction of sp³-hybridized carbons (Fsp3) is 0.167. The maximum Gasteiger partial charge on any atom is 0.336 e. The molecule has 5 heteroatoms. The number of fused-ring (bicyclic) bond motifs is 1. The van der Waals surface area contributed by atoms with Crippen molar-refractivity contribution in [3.63, 3.8) is 0 Å². The van der Waals surface area contributed by atoms with Gasteiger partial charge in [-0.3, -0.25) is 0 Å². The van der Waals surface area contributed by atoms with Crippen LogP contribution in [0.2, 0.25) is 5.02 Å². The number of quaternary nitrogens is 1. The van der Waals surface area contributed by atoms with Gasteiger partial charge < -0.3 is 14.4 Å². The fourth-order valence-electron chi connectivity index (χ4n) is 2.69. The second kappa shape index (κ2) is 6.07. The Balaban J connectivity index is 2.40. The van der Waals surface area contributed by atoms with Crippen LogP contribution in [0.25, 0.3) is 22.1 Å². The highest BCUT2D eigenvalue weighted by atomic mass is 35.5. The van der Waals surface area contributed by atoms with Crippen LogP contribution in [0.4, 0.5) is 0 Å². The van der Waals surface area contributed by atoms with Gasteiger partial charge in [-0.2, -0.15) is 0 Å². The second-order valence-electron chi connectivity index (χ2n) is 5.79. The summed E-state index contributed by atoms with van der Waals surface area (Å²) in [5.41, 5.74) is 2.12. The molecule has 118 valence electrons. The van der Waals surface area contributed by atoms with E-state index in [1.165, 1.54) is 6.07 Å². The molecule has 0 aliphatic carbocycles. The summed E-state index contributed by atoms with van der Waals surface area (Å²) in [7, 11) is 3.90. The number of rotatable bonds is 3. The fourth-order valence-corrected chi connectivity index (χ4v) is 2.91. The second-order valence-corrected chi connectivity index (χ2v) is 6.20. The summed E-state index contributed by atoms with van der Waals surface area (Å²) in [4.78, 5) is 13.1. The Morgan fingerprint density at radius 2 is 1.87 bits per heavy atom. The molecule has 4 nitrogen and oxygen atoms in total. The van der Waals surface area contributed by atoms with E-state index in [0.717, 1.165) is 21.4 Å². The lowest BCUT2D eigenvalue weighted by atomic mass is 9.99. The molecule has 1 heterocycles. The lowest BCUT2D eigenvalue weighted by Gasteiger charge is -2.14. The Kier molecular flexibility index (Phi) is 4.11. The Morgan fingerprint density at radius 3 is 2.52 bits per heavy atom. The predicted octanol–water partition coefficient (Wildman–Crippen LogP) is 2.46. The molecule has 2 aromatic carbocycles. The predicted molar refractivity (Wildman–Crippen MR) is 91.1 cm³/mol. The quantitative estimate of drug-likeness (QED) is 0.725. The van der Waals surface area contributed by atoms with Crippen molar-refractivity contribution >= 4 is 22.6 Å². The maximum absolute atomic E-state index is 12.0. The van der Waals surface area contributed by atoms with Crippen molar-refractivity contribution in [2.75, 3.05) is 14.1 Å². The van der Waals surface area contributed by atoms with Crippen LogP contribution >= 0.6 is 11.6 Å². The lowest BCUT2D eigenvalue weighted by Crippen LogP contribution is -3.04. The van der Waals surface area contributed by atoms with Gasteiger partial charge in [-0.05, 0) is 17.2 Å². The molecule has 0 saturated carbocycles. The molecular weight excluding hydrogens is 314 g/mol. The summed E-state index contributed by atoms with van der Waals surface area (Å²) < 4.78 is 5.40. The molecular formula is C18H17ClNO3+. The van der Waals surface area contributed by atoms with Crippen LogP contribution in [-0.2, 0) is 6.54 Å². The summed E-state index contributed by atoms with van der Waals surface area (Å²) in [6, 6.07) is 12.7. The highest BCUT2D eigenvalue weighted by Gasteiger charge is 2.19. The monoisotopic (exact) mass is 330 g/mol. The van der Waals surface area contributed by atoms with Crippen molar-refractivity contribution < 1.29 is 14.4 Å². The minimum Gasteiger partial charge on any atom is -0.506 e. The van der Waals surface area contributed by atoms with Crippen molar-refractivity contribution in [2.45, 2.75) is 6.54 Å². The summed E-state index contributed by atoms with van der Waals surface area (Å²) in [5, 5.41) is 11.3. The molecule has 23 heavy (non-hydrogen) atoms. The van der Waals surface area contributed by atoms with Crippen LogP contribution in [0.3, 0.4) is 0 Å². The Morgan fingerprint density at radius 1 is 1.17 bits per heavy atom. The highest BCUT2D eigenvalue weighted by molar-refractivity contribution is 6.33. The molecule has 0 bridgehead atoms. The van der Waals surface area contributed by atoms with Crippen LogP contribution < -0.4 is 10.5 Å². The number of phenolic OH excluding ortho intramolecular Hbond substituents is 1. The molecule has 0 fully saturated rings. The average Bonchev–Trinajstić information content (AvgIpc) is 2.52. The Hall–Kier alpha value is -2.30. The molecule has 3 rings (SSSR count). The van der Waals surface area contributed by atoms with Gasteiger partial charge in [0, 0.05) is 11.5 Å². The number of hydrogen-bond donors (Lipinski definition) is 2. The number of aromatic hydroxyl groups is 1. The number of hydrogen-bond acceptors (Lipinski definition) is 3. The first-order chi connectivity index (χ1) is 11.0.